The highest BCUT2D eigenvalue weighted by Crippen LogP contribution is 2.04. The van der Waals surface area contributed by atoms with Crippen LogP contribution in [0.5, 0.6) is 0 Å². The minimum Gasteiger partial charge on any atom is -0.304 e. The monoisotopic (exact) mass is 183 g/mol. The zero-order chi connectivity index (χ0) is 9.84. The van der Waals surface area contributed by atoms with Gasteiger partial charge in [0, 0.05) is 9.05 Å². The van der Waals surface area contributed by atoms with Gasteiger partial charge in [-0.15, -0.1) is 0 Å². The molecule has 0 fully saturated rings. The lowest BCUT2D eigenvalue weighted by Crippen LogP contribution is -1.99. The molecule has 2 N–H and O–H groups in total. The first-order valence-electron chi connectivity index (χ1n) is 4.30. The molecule has 0 unspecified atom stereocenters. The van der Waals surface area contributed by atoms with Crippen molar-refractivity contribution >= 4 is 11.2 Å². The van der Waals surface area contributed by atoms with Gasteiger partial charge in [0.1, 0.15) is 0 Å². The number of hydrogen-bond acceptors (Lipinski definition) is 2. The Morgan fingerprint density at radius 3 is 2.77 bits per heavy atom. The van der Waals surface area contributed by atoms with Gasteiger partial charge in [-0.3, -0.25) is 4.98 Å². The summed E-state index contributed by atoms with van der Waals surface area (Å²) in [5, 5.41) is 0. The summed E-state index contributed by atoms with van der Waals surface area (Å²) < 4.78 is 0. The van der Waals surface area contributed by atoms with Gasteiger partial charge in [-0.25, -0.2) is 9.78 Å². The zero-order valence-electron chi connectivity index (χ0n) is 8.01. The van der Waals surface area contributed by atoms with Crippen LogP contribution in [0, 0.1) is 6.92 Å². The van der Waals surface area contributed by atoms with Gasteiger partial charge < -0.3 is 4.98 Å². The molecular formula is C9H17N3O. The number of fused-ring (bicyclic) bond motifs is 1. The number of H-pyrrole nitrogens is 2. The van der Waals surface area contributed by atoms with Crippen LogP contribution in [-0.2, 0) is 0 Å². The van der Waals surface area contributed by atoms with E-state index in [9.17, 15) is 4.79 Å². The quantitative estimate of drug-likeness (QED) is 0.656. The van der Waals surface area contributed by atoms with Gasteiger partial charge in [-0.1, -0.05) is 13.8 Å². The molecule has 0 atom stereocenters. The Kier molecular flexibility index (Phi) is 2.84. The van der Waals surface area contributed by atoms with Crippen LogP contribution < -0.4 is 5.69 Å². The molecule has 2 heterocycles. The number of rotatable bonds is 0. The van der Waals surface area contributed by atoms with Crippen molar-refractivity contribution in [2.24, 2.45) is 0 Å². The van der Waals surface area contributed by atoms with Gasteiger partial charge >= 0.3 is 5.69 Å². The normalized spacial score (nSPS) is 9.46. The predicted octanol–water partition coefficient (Wildman–Crippen LogP) is 2.08. The van der Waals surface area contributed by atoms with E-state index in [1.807, 2.05) is 26.8 Å². The largest absolute Gasteiger partial charge is 0.325 e. The van der Waals surface area contributed by atoms with Crippen molar-refractivity contribution in [2.45, 2.75) is 20.8 Å². The van der Waals surface area contributed by atoms with E-state index in [4.69, 9.17) is 0 Å². The van der Waals surface area contributed by atoms with E-state index in [0.29, 0.717) is 5.65 Å². The number of nitrogens with one attached hydrogen (secondary N) is 2. The van der Waals surface area contributed by atoms with Crippen molar-refractivity contribution < 1.29 is 2.85 Å². The average Bonchev–Trinajstić information content (AvgIpc) is 2.48. The van der Waals surface area contributed by atoms with Gasteiger partial charge in [0.05, 0.1) is 5.52 Å². The molecule has 0 aliphatic heterocycles. The molecule has 2 aromatic heterocycles. The third kappa shape index (κ3) is 1.96. The van der Waals surface area contributed by atoms with Crippen molar-refractivity contribution in [2.75, 3.05) is 0 Å². The van der Waals surface area contributed by atoms with Crippen LogP contribution in [0.25, 0.3) is 11.2 Å². The molecule has 4 nitrogen and oxygen atoms in total. The number of nitrogens with zero attached hydrogens (tertiary/aromatic N) is 1. The van der Waals surface area contributed by atoms with E-state index in [2.05, 4.69) is 15.0 Å². The maximum Gasteiger partial charge on any atom is 0.325 e. The summed E-state index contributed by atoms with van der Waals surface area (Å²) in [6, 6.07) is 1.88. The van der Waals surface area contributed by atoms with Crippen LogP contribution in [0.2, 0.25) is 0 Å². The molecule has 0 aromatic carbocycles. The Bertz CT molecular complexity index is 450. The van der Waals surface area contributed by atoms with Crippen LogP contribution in [0.4, 0.5) is 0 Å². The summed E-state index contributed by atoms with van der Waals surface area (Å²) in [4.78, 5) is 20.0. The first-order chi connectivity index (χ1) is 6.25. The molecule has 0 amide bonds. The van der Waals surface area contributed by atoms with Crippen LogP contribution >= 0.6 is 0 Å². The second-order valence-corrected chi connectivity index (χ2v) is 2.49. The van der Waals surface area contributed by atoms with Crippen molar-refractivity contribution in [1.82, 2.24) is 15.0 Å². The van der Waals surface area contributed by atoms with E-state index in [0.717, 1.165) is 11.1 Å². The average molecular weight is 183 g/mol. The summed E-state index contributed by atoms with van der Waals surface area (Å²) in [5.74, 6) is 0. The predicted molar refractivity (Wildman–Crippen MR) is 57.0 cm³/mol. The first kappa shape index (κ1) is 9.51. The Morgan fingerprint density at radius 1 is 1.38 bits per heavy atom. The summed E-state index contributed by atoms with van der Waals surface area (Å²) >= 11 is 0. The van der Waals surface area contributed by atoms with Gasteiger partial charge in [-0.05, 0) is 18.6 Å². The Morgan fingerprint density at radius 2 is 2.08 bits per heavy atom. The zero-order valence-corrected chi connectivity index (χ0v) is 8.01. The maximum absolute atomic E-state index is 10.7. The summed E-state index contributed by atoms with van der Waals surface area (Å²) in [6.45, 7) is 5.93. The van der Waals surface area contributed by atoms with E-state index in [1.54, 1.807) is 6.20 Å². The van der Waals surface area contributed by atoms with Gasteiger partial charge in [-0.2, -0.15) is 0 Å². The second-order valence-electron chi connectivity index (χ2n) is 2.49. The fourth-order valence-corrected chi connectivity index (χ4v) is 1.03. The standard InChI is InChI=1S/C7H7N3O.C2H6.2H2/c1-4-2-5-6(8-3-4)10-7(11)9-5;1-2;;/h2-3H,1H3,(H2,8,9,10,11);1-2H3;2*1H. The lowest BCUT2D eigenvalue weighted by atomic mass is 10.3. The van der Waals surface area contributed by atoms with Crippen LogP contribution in [-0.4, -0.2) is 15.0 Å². The Hall–Kier alpha value is -1.58. The Balaban J connectivity index is 0. The minimum absolute atomic E-state index is 0. The van der Waals surface area contributed by atoms with Gasteiger partial charge in [0.15, 0.2) is 5.65 Å². The molecule has 0 radical (unpaired) electrons. The second kappa shape index (κ2) is 3.89. The Labute approximate surface area is 79.0 Å². The smallest absolute Gasteiger partial charge is 0.304 e. The number of pyridine rings is 1. The van der Waals surface area contributed by atoms with Crippen molar-refractivity contribution in [3.8, 4) is 0 Å². The molecular weight excluding hydrogens is 166 g/mol. The topological polar surface area (TPSA) is 61.5 Å². The highest BCUT2D eigenvalue weighted by Gasteiger charge is 1.96. The number of hydrogen-bond donors (Lipinski definition) is 2. The van der Waals surface area contributed by atoms with E-state index in [-0.39, 0.29) is 8.54 Å². The SMILES string of the molecule is CC.Cc1cnc2[nH]c(=O)[nH]c2c1.[HH].[HH]. The van der Waals surface area contributed by atoms with E-state index < -0.39 is 0 Å². The van der Waals surface area contributed by atoms with Crippen LogP contribution in [0.3, 0.4) is 0 Å². The fourth-order valence-electron chi connectivity index (χ4n) is 1.03. The number of aromatic nitrogens is 3. The molecule has 0 saturated carbocycles. The van der Waals surface area contributed by atoms with Crippen molar-refractivity contribution in [3.63, 3.8) is 0 Å². The molecule has 74 valence electrons. The van der Waals surface area contributed by atoms with Gasteiger partial charge in [0.2, 0.25) is 0 Å². The maximum atomic E-state index is 10.7. The summed E-state index contributed by atoms with van der Waals surface area (Å²) in [7, 11) is 0. The molecule has 13 heavy (non-hydrogen) atoms. The highest BCUT2D eigenvalue weighted by atomic mass is 16.1. The summed E-state index contributed by atoms with van der Waals surface area (Å²) in [5.41, 5.74) is 2.20. The number of aryl methyl sites for hydroxylation is 1. The highest BCUT2D eigenvalue weighted by molar-refractivity contribution is 5.69. The lowest BCUT2D eigenvalue weighted by molar-refractivity contribution is 1.20. The fraction of sp³-hybridized carbons (Fsp3) is 0.333. The molecule has 4 heteroatoms. The molecule has 0 bridgehead atoms. The third-order valence-electron chi connectivity index (χ3n) is 1.50. The van der Waals surface area contributed by atoms with Gasteiger partial charge in [0.25, 0.3) is 0 Å². The number of aromatic amines is 2. The molecule has 0 aliphatic carbocycles. The minimum atomic E-state index is -0.210. The molecule has 0 spiro atoms. The van der Waals surface area contributed by atoms with E-state index in [1.165, 1.54) is 0 Å². The summed E-state index contributed by atoms with van der Waals surface area (Å²) in [6.07, 6.45) is 1.71. The van der Waals surface area contributed by atoms with E-state index >= 15 is 0 Å². The van der Waals surface area contributed by atoms with Crippen LogP contribution in [0.15, 0.2) is 17.1 Å². The van der Waals surface area contributed by atoms with Crippen molar-refractivity contribution in [3.05, 3.63) is 28.3 Å². The molecule has 2 rings (SSSR count). The molecule has 0 saturated heterocycles. The van der Waals surface area contributed by atoms with Crippen molar-refractivity contribution in [1.29, 1.82) is 0 Å². The number of imidazole rings is 1. The van der Waals surface area contributed by atoms with Crippen LogP contribution in [0.1, 0.15) is 22.3 Å². The molecule has 0 aliphatic rings. The lowest BCUT2D eigenvalue weighted by Gasteiger charge is -1.88. The third-order valence-corrected chi connectivity index (χ3v) is 1.50. The molecule has 2 aromatic rings. The first-order valence-corrected chi connectivity index (χ1v) is 4.30.